The molecule has 1 heterocycles. The van der Waals surface area contributed by atoms with E-state index in [1.165, 1.54) is 0 Å². The van der Waals surface area contributed by atoms with Crippen LogP contribution in [0.4, 0.5) is 0 Å². The van der Waals surface area contributed by atoms with Crippen molar-refractivity contribution in [2.24, 2.45) is 5.73 Å². The number of nitrogens with one attached hydrogen (secondary N) is 1. The first-order chi connectivity index (χ1) is 7.83. The van der Waals surface area contributed by atoms with Gasteiger partial charge in [-0.25, -0.2) is 0 Å². The third kappa shape index (κ3) is 5.53. The topological polar surface area (TPSA) is 77.5 Å². The summed E-state index contributed by atoms with van der Waals surface area (Å²) in [5, 5.41) is 2.76. The maximum absolute atomic E-state index is 11.3. The Kier molecular flexibility index (Phi) is 6.29. The average molecular weight is 226 g/mol. The second-order valence-corrected chi connectivity index (χ2v) is 3.33. The molecule has 0 fully saturated rings. The van der Waals surface area contributed by atoms with Crippen molar-refractivity contribution in [1.82, 2.24) is 5.32 Å². The van der Waals surface area contributed by atoms with Gasteiger partial charge in [-0.15, -0.1) is 0 Å². The highest BCUT2D eigenvalue weighted by atomic mass is 16.5. The van der Waals surface area contributed by atoms with Crippen molar-refractivity contribution in [2.75, 3.05) is 26.3 Å². The predicted octanol–water partition coefficient (Wildman–Crippen LogP) is 0.304. The minimum atomic E-state index is 0.00717. The zero-order valence-corrected chi connectivity index (χ0v) is 9.28. The van der Waals surface area contributed by atoms with Crippen molar-refractivity contribution in [2.45, 2.75) is 12.8 Å². The maximum atomic E-state index is 11.3. The number of rotatable bonds is 8. The quantitative estimate of drug-likeness (QED) is 0.625. The zero-order chi connectivity index (χ0) is 11.6. The van der Waals surface area contributed by atoms with Crippen molar-refractivity contribution in [3.05, 3.63) is 24.2 Å². The summed E-state index contributed by atoms with van der Waals surface area (Å²) in [6.45, 7) is 2.06. The number of ether oxygens (including phenoxy) is 1. The van der Waals surface area contributed by atoms with Crippen LogP contribution in [0.2, 0.25) is 0 Å². The van der Waals surface area contributed by atoms with E-state index >= 15 is 0 Å². The highest BCUT2D eigenvalue weighted by Gasteiger charge is 2.02. The lowest BCUT2D eigenvalue weighted by atomic mass is 10.2. The number of furan rings is 1. The molecule has 0 unspecified atom stereocenters. The Balaban J connectivity index is 1.99. The summed E-state index contributed by atoms with van der Waals surface area (Å²) < 4.78 is 10.2. The Morgan fingerprint density at radius 3 is 3.06 bits per heavy atom. The first-order valence-electron chi connectivity index (χ1n) is 5.40. The lowest BCUT2D eigenvalue weighted by Crippen LogP contribution is -2.28. The lowest BCUT2D eigenvalue weighted by molar-refractivity contribution is -0.121. The molecular formula is C11H18N2O3. The Morgan fingerprint density at radius 2 is 2.38 bits per heavy atom. The molecule has 0 aliphatic rings. The normalized spacial score (nSPS) is 10.3. The molecule has 1 aromatic rings. The molecule has 5 heteroatoms. The molecule has 1 aromatic heterocycles. The highest BCUT2D eigenvalue weighted by Crippen LogP contribution is 2.02. The summed E-state index contributed by atoms with van der Waals surface area (Å²) in [5.74, 6) is 0.835. The summed E-state index contributed by atoms with van der Waals surface area (Å²) in [6.07, 6.45) is 2.67. The molecule has 90 valence electrons. The largest absolute Gasteiger partial charge is 0.469 e. The molecule has 1 amide bonds. The van der Waals surface area contributed by atoms with Gasteiger partial charge in [0.15, 0.2) is 0 Å². The maximum Gasteiger partial charge on any atom is 0.220 e. The minimum Gasteiger partial charge on any atom is -0.469 e. The SMILES string of the molecule is NCCOCCNC(=O)CCc1ccco1. The second kappa shape index (κ2) is 7.90. The summed E-state index contributed by atoms with van der Waals surface area (Å²) in [7, 11) is 0. The van der Waals surface area contributed by atoms with Crippen molar-refractivity contribution in [3.63, 3.8) is 0 Å². The fraction of sp³-hybridized carbons (Fsp3) is 0.545. The fourth-order valence-corrected chi connectivity index (χ4v) is 1.23. The molecule has 0 spiro atoms. The molecule has 1 rings (SSSR count). The van der Waals surface area contributed by atoms with Gasteiger partial charge in [-0.1, -0.05) is 0 Å². The van der Waals surface area contributed by atoms with Gasteiger partial charge in [0, 0.05) is 25.9 Å². The number of hydrogen-bond donors (Lipinski definition) is 2. The van der Waals surface area contributed by atoms with E-state index in [2.05, 4.69) is 5.32 Å². The van der Waals surface area contributed by atoms with E-state index in [9.17, 15) is 4.79 Å². The molecule has 0 saturated carbocycles. The van der Waals surface area contributed by atoms with E-state index in [4.69, 9.17) is 14.9 Å². The highest BCUT2D eigenvalue weighted by molar-refractivity contribution is 5.76. The number of nitrogens with two attached hydrogens (primary N) is 1. The van der Waals surface area contributed by atoms with E-state index in [0.717, 1.165) is 5.76 Å². The lowest BCUT2D eigenvalue weighted by Gasteiger charge is -2.04. The van der Waals surface area contributed by atoms with E-state index in [-0.39, 0.29) is 5.91 Å². The number of carbonyl (C=O) groups is 1. The molecule has 0 bridgehead atoms. The Hall–Kier alpha value is -1.33. The molecular weight excluding hydrogens is 208 g/mol. The van der Waals surface area contributed by atoms with Crippen LogP contribution in [0.1, 0.15) is 12.2 Å². The van der Waals surface area contributed by atoms with Gasteiger partial charge in [-0.2, -0.15) is 0 Å². The van der Waals surface area contributed by atoms with Gasteiger partial charge >= 0.3 is 0 Å². The summed E-state index contributed by atoms with van der Waals surface area (Å²) in [6, 6.07) is 3.67. The molecule has 0 aliphatic carbocycles. The smallest absolute Gasteiger partial charge is 0.220 e. The van der Waals surface area contributed by atoms with Crippen LogP contribution in [-0.2, 0) is 16.0 Å². The van der Waals surface area contributed by atoms with Crippen molar-refractivity contribution in [1.29, 1.82) is 0 Å². The summed E-state index contributed by atoms with van der Waals surface area (Å²) in [5.41, 5.74) is 5.25. The molecule has 16 heavy (non-hydrogen) atoms. The monoisotopic (exact) mass is 226 g/mol. The van der Waals surface area contributed by atoms with Crippen LogP contribution in [0.25, 0.3) is 0 Å². The Morgan fingerprint density at radius 1 is 1.50 bits per heavy atom. The first kappa shape index (κ1) is 12.7. The second-order valence-electron chi connectivity index (χ2n) is 3.33. The van der Waals surface area contributed by atoms with Crippen LogP contribution in [0.3, 0.4) is 0 Å². The van der Waals surface area contributed by atoms with E-state index in [1.807, 2.05) is 12.1 Å². The summed E-state index contributed by atoms with van der Waals surface area (Å²) in [4.78, 5) is 11.3. The summed E-state index contributed by atoms with van der Waals surface area (Å²) >= 11 is 0. The first-order valence-corrected chi connectivity index (χ1v) is 5.40. The third-order valence-electron chi connectivity index (χ3n) is 2.01. The van der Waals surface area contributed by atoms with Crippen LogP contribution in [0, 0.1) is 0 Å². The van der Waals surface area contributed by atoms with Crippen LogP contribution in [-0.4, -0.2) is 32.2 Å². The van der Waals surface area contributed by atoms with Crippen LogP contribution >= 0.6 is 0 Å². The van der Waals surface area contributed by atoms with E-state index in [0.29, 0.717) is 39.1 Å². The number of carbonyl (C=O) groups excluding carboxylic acids is 1. The van der Waals surface area contributed by atoms with Gasteiger partial charge in [0.1, 0.15) is 5.76 Å². The zero-order valence-electron chi connectivity index (χ0n) is 9.28. The van der Waals surface area contributed by atoms with Crippen LogP contribution in [0.5, 0.6) is 0 Å². The van der Waals surface area contributed by atoms with Crippen molar-refractivity contribution >= 4 is 5.91 Å². The van der Waals surface area contributed by atoms with Crippen LogP contribution < -0.4 is 11.1 Å². The van der Waals surface area contributed by atoms with Gasteiger partial charge in [-0.3, -0.25) is 4.79 Å². The molecule has 0 saturated heterocycles. The third-order valence-corrected chi connectivity index (χ3v) is 2.01. The van der Waals surface area contributed by atoms with Crippen LogP contribution in [0.15, 0.2) is 22.8 Å². The minimum absolute atomic E-state index is 0.00717. The number of hydrogen-bond acceptors (Lipinski definition) is 4. The van der Waals surface area contributed by atoms with Gasteiger partial charge in [0.05, 0.1) is 19.5 Å². The van der Waals surface area contributed by atoms with Gasteiger partial charge < -0.3 is 20.2 Å². The number of aryl methyl sites for hydroxylation is 1. The molecule has 0 atom stereocenters. The van der Waals surface area contributed by atoms with Gasteiger partial charge in [0.2, 0.25) is 5.91 Å². The number of amides is 1. The standard InChI is InChI=1S/C11H18N2O3/c12-5-8-15-9-6-13-11(14)4-3-10-2-1-7-16-10/h1-2,7H,3-6,8-9,12H2,(H,13,14). The molecule has 5 nitrogen and oxygen atoms in total. The van der Waals surface area contributed by atoms with Crippen molar-refractivity contribution < 1.29 is 13.9 Å². The molecule has 0 aliphatic heterocycles. The van der Waals surface area contributed by atoms with Crippen molar-refractivity contribution in [3.8, 4) is 0 Å². The van der Waals surface area contributed by atoms with Gasteiger partial charge in [-0.05, 0) is 12.1 Å². The molecule has 3 N–H and O–H groups in total. The van der Waals surface area contributed by atoms with Gasteiger partial charge in [0.25, 0.3) is 0 Å². The Bertz CT molecular complexity index is 285. The Labute approximate surface area is 94.9 Å². The average Bonchev–Trinajstić information content (AvgIpc) is 2.79. The molecule has 0 radical (unpaired) electrons. The molecule has 0 aromatic carbocycles. The fourth-order valence-electron chi connectivity index (χ4n) is 1.23. The van der Waals surface area contributed by atoms with E-state index < -0.39 is 0 Å². The van der Waals surface area contributed by atoms with E-state index in [1.54, 1.807) is 6.26 Å². The predicted molar refractivity (Wildman–Crippen MR) is 59.9 cm³/mol.